The van der Waals surface area contributed by atoms with Crippen LogP contribution in [0.15, 0.2) is 48.5 Å². The number of aryl methyl sites for hydroxylation is 1. The highest BCUT2D eigenvalue weighted by Crippen LogP contribution is 2.26. The molecule has 2 aromatic carbocycles. The van der Waals surface area contributed by atoms with E-state index < -0.39 is 36.2 Å². The molecule has 3 rings (SSSR count). The van der Waals surface area contributed by atoms with E-state index in [9.17, 15) is 18.8 Å². The van der Waals surface area contributed by atoms with Gasteiger partial charge >= 0.3 is 6.03 Å². The van der Waals surface area contributed by atoms with Crippen molar-refractivity contribution in [2.75, 3.05) is 16.8 Å². The first-order chi connectivity index (χ1) is 12.4. The number of imide groups is 1. The summed E-state index contributed by atoms with van der Waals surface area (Å²) in [5.41, 5.74) is 2.02. The van der Waals surface area contributed by atoms with Gasteiger partial charge in [-0.25, -0.2) is 9.18 Å². The monoisotopic (exact) mass is 355 g/mol. The van der Waals surface area contributed by atoms with Crippen LogP contribution in [0.1, 0.15) is 12.5 Å². The van der Waals surface area contributed by atoms with E-state index in [0.717, 1.165) is 10.5 Å². The number of amides is 4. The molecular formula is C19H18FN3O3. The number of rotatable bonds is 4. The Morgan fingerprint density at radius 1 is 1.08 bits per heavy atom. The van der Waals surface area contributed by atoms with Crippen molar-refractivity contribution in [2.45, 2.75) is 19.9 Å². The third-order valence-corrected chi connectivity index (χ3v) is 4.19. The standard InChI is InChI=1S/C19H18FN3O3/c1-12-3-9-16(10-4-12)23-13(2)18(25)22(19(23)26)11-17(24)21-15-7-5-14(20)6-8-15/h3-10,13H,11H2,1-2H3,(H,21,24)/t13-/m1/s1. The lowest BCUT2D eigenvalue weighted by atomic mass is 10.2. The van der Waals surface area contributed by atoms with E-state index in [1.807, 2.05) is 19.1 Å². The molecule has 26 heavy (non-hydrogen) atoms. The van der Waals surface area contributed by atoms with Gasteiger partial charge in [0.1, 0.15) is 18.4 Å². The second-order valence-electron chi connectivity index (χ2n) is 6.14. The minimum atomic E-state index is -0.691. The Bertz CT molecular complexity index is 849. The van der Waals surface area contributed by atoms with E-state index in [1.54, 1.807) is 19.1 Å². The fourth-order valence-electron chi connectivity index (χ4n) is 2.79. The summed E-state index contributed by atoms with van der Waals surface area (Å²) in [6.45, 7) is 3.15. The van der Waals surface area contributed by atoms with Crippen LogP contribution in [0.2, 0.25) is 0 Å². The van der Waals surface area contributed by atoms with Gasteiger partial charge in [-0.3, -0.25) is 19.4 Å². The van der Waals surface area contributed by atoms with Crippen molar-refractivity contribution in [2.24, 2.45) is 0 Å². The second-order valence-corrected chi connectivity index (χ2v) is 6.14. The molecule has 1 saturated heterocycles. The first-order valence-electron chi connectivity index (χ1n) is 8.13. The first kappa shape index (κ1) is 17.6. The van der Waals surface area contributed by atoms with Crippen LogP contribution in [0.4, 0.5) is 20.6 Å². The van der Waals surface area contributed by atoms with Crippen LogP contribution in [-0.4, -0.2) is 35.3 Å². The molecule has 1 N–H and O–H groups in total. The highest BCUT2D eigenvalue weighted by Gasteiger charge is 2.43. The summed E-state index contributed by atoms with van der Waals surface area (Å²) in [6.07, 6.45) is 0. The van der Waals surface area contributed by atoms with Crippen LogP contribution in [0, 0.1) is 12.7 Å². The molecule has 4 amide bonds. The van der Waals surface area contributed by atoms with Gasteiger partial charge in [0.15, 0.2) is 0 Å². The number of nitrogens with zero attached hydrogens (tertiary/aromatic N) is 2. The maximum atomic E-state index is 12.9. The minimum absolute atomic E-state index is 0.388. The largest absolute Gasteiger partial charge is 0.332 e. The average molecular weight is 355 g/mol. The van der Waals surface area contributed by atoms with Crippen molar-refractivity contribution >= 4 is 29.2 Å². The summed E-state index contributed by atoms with van der Waals surface area (Å²) in [7, 11) is 0. The SMILES string of the molecule is Cc1ccc(N2C(=O)N(CC(=O)Nc3ccc(F)cc3)C(=O)[C@H]2C)cc1. The first-order valence-corrected chi connectivity index (χ1v) is 8.13. The number of urea groups is 1. The van der Waals surface area contributed by atoms with Gasteiger partial charge in [-0.2, -0.15) is 0 Å². The van der Waals surface area contributed by atoms with Crippen LogP contribution < -0.4 is 10.2 Å². The third-order valence-electron chi connectivity index (χ3n) is 4.19. The molecule has 7 heteroatoms. The lowest BCUT2D eigenvalue weighted by Crippen LogP contribution is -2.39. The molecule has 134 valence electrons. The molecule has 1 aliphatic rings. The van der Waals surface area contributed by atoms with E-state index in [2.05, 4.69) is 5.32 Å². The second kappa shape index (κ2) is 6.95. The summed E-state index contributed by atoms with van der Waals surface area (Å²) < 4.78 is 12.9. The Morgan fingerprint density at radius 3 is 2.31 bits per heavy atom. The smallest absolute Gasteiger partial charge is 0.325 e. The maximum absolute atomic E-state index is 12.9. The lowest BCUT2D eigenvalue weighted by molar-refractivity contribution is -0.130. The van der Waals surface area contributed by atoms with Gasteiger partial charge in [0.25, 0.3) is 5.91 Å². The minimum Gasteiger partial charge on any atom is -0.325 e. The molecule has 0 saturated carbocycles. The van der Waals surface area contributed by atoms with Crippen molar-refractivity contribution in [1.29, 1.82) is 0 Å². The molecule has 1 fully saturated rings. The summed E-state index contributed by atoms with van der Waals surface area (Å²) in [4.78, 5) is 39.5. The van der Waals surface area contributed by atoms with Crippen LogP contribution >= 0.6 is 0 Å². The Labute approximate surface area is 150 Å². The quantitative estimate of drug-likeness (QED) is 0.858. The van der Waals surface area contributed by atoms with Crippen molar-refractivity contribution in [3.63, 3.8) is 0 Å². The zero-order chi connectivity index (χ0) is 18.8. The van der Waals surface area contributed by atoms with Crippen molar-refractivity contribution in [3.05, 3.63) is 59.9 Å². The van der Waals surface area contributed by atoms with Gasteiger partial charge < -0.3 is 5.32 Å². The van der Waals surface area contributed by atoms with Crippen LogP contribution in [0.3, 0.4) is 0 Å². The number of hydrogen-bond donors (Lipinski definition) is 1. The molecular weight excluding hydrogens is 337 g/mol. The summed E-state index contributed by atoms with van der Waals surface area (Å²) in [5.74, 6) is -1.39. The molecule has 1 aliphatic heterocycles. The Balaban J connectivity index is 1.72. The van der Waals surface area contributed by atoms with Crippen LogP contribution in [0.5, 0.6) is 0 Å². The fourth-order valence-corrected chi connectivity index (χ4v) is 2.79. The van der Waals surface area contributed by atoms with Gasteiger partial charge in [-0.15, -0.1) is 0 Å². The van der Waals surface area contributed by atoms with Crippen molar-refractivity contribution in [1.82, 2.24) is 4.90 Å². The average Bonchev–Trinajstić information content (AvgIpc) is 2.82. The molecule has 6 nitrogen and oxygen atoms in total. The van der Waals surface area contributed by atoms with E-state index in [0.29, 0.717) is 11.4 Å². The number of anilines is 2. The number of halogens is 1. The van der Waals surface area contributed by atoms with E-state index in [1.165, 1.54) is 29.2 Å². The van der Waals surface area contributed by atoms with Crippen LogP contribution in [0.25, 0.3) is 0 Å². The summed E-state index contributed by atoms with van der Waals surface area (Å²) in [6, 6.07) is 11.2. The number of carbonyl (C=O) groups is 3. The Kier molecular flexibility index (Phi) is 4.71. The molecule has 0 spiro atoms. The summed E-state index contributed by atoms with van der Waals surface area (Å²) >= 11 is 0. The zero-order valence-electron chi connectivity index (χ0n) is 14.4. The van der Waals surface area contributed by atoms with Gasteiger partial charge in [0, 0.05) is 11.4 Å². The van der Waals surface area contributed by atoms with Gasteiger partial charge in [-0.1, -0.05) is 17.7 Å². The maximum Gasteiger partial charge on any atom is 0.332 e. The van der Waals surface area contributed by atoms with Gasteiger partial charge in [0.05, 0.1) is 0 Å². The Hall–Kier alpha value is -3.22. The van der Waals surface area contributed by atoms with Crippen molar-refractivity contribution < 1.29 is 18.8 Å². The molecule has 0 bridgehead atoms. The van der Waals surface area contributed by atoms with Crippen LogP contribution in [-0.2, 0) is 9.59 Å². The lowest BCUT2D eigenvalue weighted by Gasteiger charge is -2.19. The molecule has 1 atom stereocenters. The molecule has 0 aliphatic carbocycles. The van der Waals surface area contributed by atoms with E-state index >= 15 is 0 Å². The molecule has 0 radical (unpaired) electrons. The number of carbonyl (C=O) groups excluding carboxylic acids is 3. The molecule has 2 aromatic rings. The summed E-state index contributed by atoms with van der Waals surface area (Å²) in [5, 5.41) is 2.54. The molecule has 0 aromatic heterocycles. The normalized spacial score (nSPS) is 17.0. The molecule has 0 unspecified atom stereocenters. The van der Waals surface area contributed by atoms with E-state index in [-0.39, 0.29) is 0 Å². The van der Waals surface area contributed by atoms with Gasteiger partial charge in [0.2, 0.25) is 5.91 Å². The fraction of sp³-hybridized carbons (Fsp3) is 0.211. The number of benzene rings is 2. The highest BCUT2D eigenvalue weighted by atomic mass is 19.1. The van der Waals surface area contributed by atoms with Gasteiger partial charge in [-0.05, 0) is 50.2 Å². The Morgan fingerprint density at radius 2 is 1.69 bits per heavy atom. The highest BCUT2D eigenvalue weighted by molar-refractivity contribution is 6.16. The molecule has 1 heterocycles. The zero-order valence-corrected chi connectivity index (χ0v) is 14.4. The third kappa shape index (κ3) is 3.42. The van der Waals surface area contributed by atoms with E-state index in [4.69, 9.17) is 0 Å². The topological polar surface area (TPSA) is 69.7 Å². The van der Waals surface area contributed by atoms with Crippen molar-refractivity contribution in [3.8, 4) is 0 Å². The number of nitrogens with one attached hydrogen (secondary N) is 1. The predicted octanol–water partition coefficient (Wildman–Crippen LogP) is 2.93. The predicted molar refractivity (Wildman–Crippen MR) is 95.3 cm³/mol. The number of hydrogen-bond acceptors (Lipinski definition) is 3.